The summed E-state index contributed by atoms with van der Waals surface area (Å²) in [6.45, 7) is 3.76. The van der Waals surface area contributed by atoms with Crippen molar-refractivity contribution in [2.24, 2.45) is 0 Å². The van der Waals surface area contributed by atoms with E-state index < -0.39 is 0 Å². The Balaban J connectivity index is 1.25. The second-order valence-electron chi connectivity index (χ2n) is 9.23. The van der Waals surface area contributed by atoms with E-state index in [4.69, 9.17) is 10.00 Å². The summed E-state index contributed by atoms with van der Waals surface area (Å²) in [6, 6.07) is 21.7. The topological polar surface area (TPSA) is 139 Å². The summed E-state index contributed by atoms with van der Waals surface area (Å²) in [4.78, 5) is 35.1. The molecule has 1 atom stereocenters. The minimum Gasteiger partial charge on any atom is -0.481 e. The number of ether oxygens (including phenoxy) is 1. The summed E-state index contributed by atoms with van der Waals surface area (Å²) in [5, 5.41) is 15.3. The molecule has 1 unspecified atom stereocenters. The molecule has 1 aromatic carbocycles. The summed E-state index contributed by atoms with van der Waals surface area (Å²) in [5.74, 6) is 1.28. The second kappa shape index (κ2) is 12.0. The van der Waals surface area contributed by atoms with Crippen LogP contribution in [0.1, 0.15) is 40.3 Å². The van der Waals surface area contributed by atoms with E-state index in [-0.39, 0.29) is 17.6 Å². The molecular formula is C31H26N8O2. The van der Waals surface area contributed by atoms with Crippen LogP contribution in [0.3, 0.4) is 0 Å². The smallest absolute Gasteiger partial charge is 0.270 e. The fourth-order valence-corrected chi connectivity index (χ4v) is 4.08. The van der Waals surface area contributed by atoms with Gasteiger partial charge in [-0.05, 0) is 61.9 Å². The molecule has 10 heteroatoms. The molecule has 0 aliphatic heterocycles. The number of carbonyl (C=O) groups is 1. The van der Waals surface area contributed by atoms with Crippen molar-refractivity contribution in [1.29, 1.82) is 5.26 Å². The molecule has 5 rings (SSSR count). The first-order valence-corrected chi connectivity index (χ1v) is 12.8. The van der Waals surface area contributed by atoms with E-state index in [9.17, 15) is 4.79 Å². The highest BCUT2D eigenvalue weighted by Gasteiger charge is 2.15. The fourth-order valence-electron chi connectivity index (χ4n) is 4.08. The molecule has 0 aliphatic carbocycles. The minimum atomic E-state index is -0.308. The third-order valence-electron chi connectivity index (χ3n) is 6.25. The summed E-state index contributed by atoms with van der Waals surface area (Å²) >= 11 is 0. The van der Waals surface area contributed by atoms with Crippen LogP contribution in [0.15, 0.2) is 85.3 Å². The Morgan fingerprint density at radius 2 is 1.76 bits per heavy atom. The highest BCUT2D eigenvalue weighted by Crippen LogP contribution is 2.23. The van der Waals surface area contributed by atoms with E-state index >= 15 is 0 Å². The largest absolute Gasteiger partial charge is 0.481 e. The number of pyridine rings is 3. The lowest BCUT2D eigenvalue weighted by molar-refractivity contribution is 0.0935. The van der Waals surface area contributed by atoms with E-state index in [1.165, 1.54) is 0 Å². The molecule has 0 fully saturated rings. The maximum Gasteiger partial charge on any atom is 0.270 e. The van der Waals surface area contributed by atoms with Gasteiger partial charge in [0.1, 0.15) is 11.5 Å². The molecule has 0 saturated carbocycles. The van der Waals surface area contributed by atoms with Crippen molar-refractivity contribution in [3.05, 3.63) is 108 Å². The van der Waals surface area contributed by atoms with Gasteiger partial charge in [0.05, 0.1) is 30.5 Å². The van der Waals surface area contributed by atoms with Crippen LogP contribution in [-0.2, 0) is 0 Å². The van der Waals surface area contributed by atoms with Crippen molar-refractivity contribution in [3.63, 3.8) is 0 Å². The summed E-state index contributed by atoms with van der Waals surface area (Å²) < 4.78 is 5.10. The van der Waals surface area contributed by atoms with Crippen LogP contribution >= 0.6 is 0 Å². The van der Waals surface area contributed by atoms with Gasteiger partial charge >= 0.3 is 0 Å². The van der Waals surface area contributed by atoms with Crippen LogP contribution in [0.25, 0.3) is 22.6 Å². The third kappa shape index (κ3) is 6.49. The van der Waals surface area contributed by atoms with Crippen LogP contribution in [0, 0.1) is 18.3 Å². The predicted octanol–water partition coefficient (Wildman–Crippen LogP) is 5.42. The van der Waals surface area contributed by atoms with Gasteiger partial charge in [-0.25, -0.2) is 15.0 Å². The van der Waals surface area contributed by atoms with Crippen molar-refractivity contribution in [2.45, 2.75) is 19.9 Å². The van der Waals surface area contributed by atoms with E-state index in [0.29, 0.717) is 28.6 Å². The molecule has 1 amide bonds. The number of nitriles is 1. The van der Waals surface area contributed by atoms with Gasteiger partial charge in [0.15, 0.2) is 5.82 Å². The molecule has 0 spiro atoms. The molecule has 41 heavy (non-hydrogen) atoms. The summed E-state index contributed by atoms with van der Waals surface area (Å²) in [6.07, 6.45) is 5.02. The third-order valence-corrected chi connectivity index (χ3v) is 6.25. The molecule has 0 aliphatic rings. The Hall–Kier alpha value is -5.69. The molecule has 0 radical (unpaired) electrons. The van der Waals surface area contributed by atoms with Gasteiger partial charge in [-0.15, -0.1) is 0 Å². The average Bonchev–Trinajstić information content (AvgIpc) is 3.01. The van der Waals surface area contributed by atoms with Gasteiger partial charge in [0, 0.05) is 53.2 Å². The summed E-state index contributed by atoms with van der Waals surface area (Å²) in [7, 11) is 1.57. The lowest BCUT2D eigenvalue weighted by Crippen LogP contribution is -2.27. The maximum absolute atomic E-state index is 12.9. The highest BCUT2D eigenvalue weighted by molar-refractivity contribution is 5.92. The van der Waals surface area contributed by atoms with Crippen LogP contribution in [0.5, 0.6) is 5.88 Å². The van der Waals surface area contributed by atoms with Gasteiger partial charge in [-0.1, -0.05) is 12.1 Å². The van der Waals surface area contributed by atoms with Crippen molar-refractivity contribution < 1.29 is 9.53 Å². The SMILES string of the molecule is COc1ccc(-c2ccc(C(C)NC(=O)c3ccc(-c4nc(C)cc(Nc5cccc(C#N)c5)n4)cn3)cn2)cn1. The first kappa shape index (κ1) is 26.9. The van der Waals surface area contributed by atoms with Crippen molar-refractivity contribution in [1.82, 2.24) is 30.2 Å². The molecular weight excluding hydrogens is 516 g/mol. The van der Waals surface area contributed by atoms with E-state index in [1.54, 1.807) is 62.1 Å². The number of nitrogens with zero attached hydrogens (tertiary/aromatic N) is 6. The van der Waals surface area contributed by atoms with Gasteiger partial charge in [0.2, 0.25) is 5.88 Å². The lowest BCUT2D eigenvalue weighted by Gasteiger charge is -2.14. The van der Waals surface area contributed by atoms with Gasteiger partial charge in [-0.2, -0.15) is 5.26 Å². The molecule has 4 aromatic heterocycles. The first-order valence-electron chi connectivity index (χ1n) is 12.8. The Morgan fingerprint density at radius 1 is 0.927 bits per heavy atom. The monoisotopic (exact) mass is 542 g/mol. The van der Waals surface area contributed by atoms with Crippen molar-refractivity contribution >= 4 is 17.4 Å². The van der Waals surface area contributed by atoms with Gasteiger partial charge in [0.25, 0.3) is 5.91 Å². The molecule has 202 valence electrons. The number of aromatic nitrogens is 5. The van der Waals surface area contributed by atoms with E-state index in [1.807, 2.05) is 44.2 Å². The molecule has 10 nitrogen and oxygen atoms in total. The fraction of sp³-hybridized carbons (Fsp3) is 0.129. The number of hydrogen-bond acceptors (Lipinski definition) is 9. The van der Waals surface area contributed by atoms with E-state index in [0.717, 1.165) is 28.2 Å². The van der Waals surface area contributed by atoms with Crippen LogP contribution < -0.4 is 15.4 Å². The zero-order valence-electron chi connectivity index (χ0n) is 22.7. The number of rotatable bonds is 8. The number of aryl methyl sites for hydroxylation is 1. The Morgan fingerprint density at radius 3 is 2.44 bits per heavy atom. The van der Waals surface area contributed by atoms with Crippen LogP contribution in [-0.4, -0.2) is 37.9 Å². The number of benzene rings is 1. The van der Waals surface area contributed by atoms with E-state index in [2.05, 4.69) is 41.6 Å². The van der Waals surface area contributed by atoms with Crippen molar-refractivity contribution in [3.8, 4) is 34.6 Å². The number of amides is 1. The first-order chi connectivity index (χ1) is 19.9. The molecule has 5 aromatic rings. The zero-order chi connectivity index (χ0) is 28.8. The summed E-state index contributed by atoms with van der Waals surface area (Å²) in [5.41, 5.74) is 5.48. The zero-order valence-corrected chi connectivity index (χ0v) is 22.7. The average molecular weight is 543 g/mol. The predicted molar refractivity (Wildman–Crippen MR) is 154 cm³/mol. The number of nitrogens with one attached hydrogen (secondary N) is 2. The molecule has 4 heterocycles. The normalized spacial score (nSPS) is 11.3. The second-order valence-corrected chi connectivity index (χ2v) is 9.23. The van der Waals surface area contributed by atoms with Crippen molar-refractivity contribution in [2.75, 3.05) is 12.4 Å². The standard InChI is InChI=1S/C31H26N8O2/c1-19-13-28(38-25-6-4-5-21(14-25)15-32)39-30(36-19)24-8-11-27(34-18-24)31(40)37-20(2)22-7-10-26(33-16-22)23-9-12-29(41-3)35-17-23/h4-14,16-18,20H,1-3H3,(H,37,40)(H,36,38,39). The number of methoxy groups -OCH3 is 1. The maximum atomic E-state index is 12.9. The molecule has 2 N–H and O–H groups in total. The van der Waals surface area contributed by atoms with Crippen LogP contribution in [0.2, 0.25) is 0 Å². The molecule has 0 saturated heterocycles. The Bertz CT molecular complexity index is 1710. The minimum absolute atomic E-state index is 0.272. The quantitative estimate of drug-likeness (QED) is 0.263. The lowest BCUT2D eigenvalue weighted by atomic mass is 10.1. The number of carbonyl (C=O) groups excluding carboxylic acids is 1. The highest BCUT2D eigenvalue weighted by atomic mass is 16.5. The number of hydrogen-bond donors (Lipinski definition) is 2. The van der Waals surface area contributed by atoms with Gasteiger partial charge in [-0.3, -0.25) is 14.8 Å². The Labute approximate surface area is 237 Å². The van der Waals surface area contributed by atoms with Gasteiger partial charge < -0.3 is 15.4 Å². The molecule has 0 bridgehead atoms. The number of anilines is 2. The van der Waals surface area contributed by atoms with Crippen LogP contribution in [0.4, 0.5) is 11.5 Å². The Kier molecular flexibility index (Phi) is 7.88.